The predicted octanol–water partition coefficient (Wildman–Crippen LogP) is 2.35. The molecule has 2 N–H and O–H groups in total. The Bertz CT molecular complexity index is 648. The van der Waals surface area contributed by atoms with Gasteiger partial charge in [0.15, 0.2) is 5.11 Å². The summed E-state index contributed by atoms with van der Waals surface area (Å²) in [5.41, 5.74) is 3.27. The molecule has 0 aromatic carbocycles. The molecule has 8 heteroatoms. The Balaban J connectivity index is 1.85. The van der Waals surface area contributed by atoms with Gasteiger partial charge in [0.05, 0.1) is 28.6 Å². The molecule has 0 bridgehead atoms. The second-order valence-electron chi connectivity index (χ2n) is 4.89. The summed E-state index contributed by atoms with van der Waals surface area (Å²) < 4.78 is 4.86. The third-order valence-electron chi connectivity index (χ3n) is 3.43. The number of hydrogen-bond acceptors (Lipinski definition) is 3. The molecule has 0 saturated heterocycles. The van der Waals surface area contributed by atoms with Crippen molar-refractivity contribution in [1.29, 1.82) is 0 Å². The Labute approximate surface area is 144 Å². The van der Waals surface area contributed by atoms with E-state index in [1.54, 1.807) is 6.20 Å². The van der Waals surface area contributed by atoms with Crippen molar-refractivity contribution in [2.24, 2.45) is 0 Å². The highest BCUT2D eigenvalue weighted by molar-refractivity contribution is 9.10. The lowest BCUT2D eigenvalue weighted by atomic mass is 10.3. The van der Waals surface area contributed by atoms with Gasteiger partial charge in [-0.2, -0.15) is 10.2 Å². The van der Waals surface area contributed by atoms with Crippen molar-refractivity contribution in [3.63, 3.8) is 0 Å². The molecule has 0 aliphatic rings. The van der Waals surface area contributed by atoms with Gasteiger partial charge in [-0.1, -0.05) is 0 Å². The molecule has 0 aliphatic heterocycles. The van der Waals surface area contributed by atoms with Crippen molar-refractivity contribution in [3.05, 3.63) is 33.8 Å². The molecule has 0 unspecified atom stereocenters. The Morgan fingerprint density at radius 1 is 1.27 bits per heavy atom. The van der Waals surface area contributed by atoms with Gasteiger partial charge in [-0.05, 0) is 48.9 Å². The maximum absolute atomic E-state index is 5.33. The molecular formula is C14H21BrN6S. The van der Waals surface area contributed by atoms with Gasteiger partial charge in [-0.3, -0.25) is 9.36 Å². The third-order valence-corrected chi connectivity index (χ3v) is 4.38. The smallest absolute Gasteiger partial charge is 0.166 e. The van der Waals surface area contributed by atoms with Crippen molar-refractivity contribution in [3.8, 4) is 0 Å². The zero-order valence-electron chi connectivity index (χ0n) is 13.1. The van der Waals surface area contributed by atoms with Gasteiger partial charge in [0, 0.05) is 31.4 Å². The quantitative estimate of drug-likeness (QED) is 0.748. The van der Waals surface area contributed by atoms with E-state index in [1.807, 2.05) is 22.5 Å². The van der Waals surface area contributed by atoms with Crippen molar-refractivity contribution >= 4 is 33.3 Å². The molecule has 2 aromatic rings. The highest BCUT2D eigenvalue weighted by atomic mass is 79.9. The van der Waals surface area contributed by atoms with Gasteiger partial charge in [-0.25, -0.2) is 0 Å². The number of thiocarbonyl (C=S) groups is 1. The molecule has 0 amide bonds. The van der Waals surface area contributed by atoms with E-state index in [0.29, 0.717) is 18.2 Å². The zero-order valence-corrected chi connectivity index (χ0v) is 15.5. The fourth-order valence-corrected chi connectivity index (χ4v) is 2.71. The fraction of sp³-hybridized carbons (Fsp3) is 0.500. The molecule has 2 aromatic heterocycles. The van der Waals surface area contributed by atoms with E-state index in [4.69, 9.17) is 12.2 Å². The number of aromatic nitrogens is 4. The first-order valence-electron chi connectivity index (χ1n) is 7.29. The average molecular weight is 385 g/mol. The van der Waals surface area contributed by atoms with E-state index in [2.05, 4.69) is 50.6 Å². The SMILES string of the molecule is CCn1cc(CNC(=S)NCc2c(Br)cnn2CC)c(C)n1. The Hall–Kier alpha value is -1.41. The summed E-state index contributed by atoms with van der Waals surface area (Å²) in [4.78, 5) is 0. The van der Waals surface area contributed by atoms with Crippen LogP contribution in [0.25, 0.3) is 0 Å². The molecule has 22 heavy (non-hydrogen) atoms. The molecule has 0 radical (unpaired) electrons. The van der Waals surface area contributed by atoms with Gasteiger partial charge in [0.2, 0.25) is 0 Å². The summed E-state index contributed by atoms with van der Waals surface area (Å²) in [5, 5.41) is 15.8. The fourth-order valence-electron chi connectivity index (χ4n) is 2.13. The Morgan fingerprint density at radius 2 is 2.00 bits per heavy atom. The maximum Gasteiger partial charge on any atom is 0.166 e. The first-order valence-corrected chi connectivity index (χ1v) is 8.50. The van der Waals surface area contributed by atoms with Gasteiger partial charge in [0.1, 0.15) is 0 Å². The monoisotopic (exact) mass is 384 g/mol. The lowest BCUT2D eigenvalue weighted by Gasteiger charge is -2.11. The molecule has 2 rings (SSSR count). The second-order valence-corrected chi connectivity index (χ2v) is 6.15. The molecule has 120 valence electrons. The highest BCUT2D eigenvalue weighted by Crippen LogP contribution is 2.15. The van der Waals surface area contributed by atoms with Crippen LogP contribution in [0.1, 0.15) is 30.8 Å². The third kappa shape index (κ3) is 4.07. The van der Waals surface area contributed by atoms with Crippen LogP contribution >= 0.6 is 28.1 Å². The van der Waals surface area contributed by atoms with Crippen LogP contribution in [-0.4, -0.2) is 24.7 Å². The van der Waals surface area contributed by atoms with E-state index in [1.165, 1.54) is 0 Å². The minimum Gasteiger partial charge on any atom is -0.359 e. The lowest BCUT2D eigenvalue weighted by Crippen LogP contribution is -2.35. The maximum atomic E-state index is 5.33. The van der Waals surface area contributed by atoms with Crippen LogP contribution in [0.3, 0.4) is 0 Å². The van der Waals surface area contributed by atoms with Crippen molar-refractivity contribution in [2.45, 2.75) is 47.0 Å². The van der Waals surface area contributed by atoms with E-state index in [0.717, 1.165) is 34.5 Å². The van der Waals surface area contributed by atoms with Crippen LogP contribution < -0.4 is 10.6 Å². The summed E-state index contributed by atoms with van der Waals surface area (Å²) >= 11 is 8.84. The standard InChI is InChI=1S/C14H21BrN6S/c1-4-20-9-11(10(3)19-20)6-16-14(22)17-8-13-12(15)7-18-21(13)5-2/h7,9H,4-6,8H2,1-3H3,(H2,16,17,22). The predicted molar refractivity (Wildman–Crippen MR) is 94.5 cm³/mol. The normalized spacial score (nSPS) is 10.7. The molecule has 0 atom stereocenters. The molecule has 0 spiro atoms. The number of rotatable bonds is 6. The molecule has 0 saturated carbocycles. The van der Waals surface area contributed by atoms with Gasteiger partial charge in [0.25, 0.3) is 0 Å². The van der Waals surface area contributed by atoms with E-state index >= 15 is 0 Å². The summed E-state index contributed by atoms with van der Waals surface area (Å²) in [5.74, 6) is 0. The first-order chi connectivity index (χ1) is 10.5. The largest absolute Gasteiger partial charge is 0.359 e. The summed E-state index contributed by atoms with van der Waals surface area (Å²) in [6.07, 6.45) is 3.85. The number of halogens is 1. The van der Waals surface area contributed by atoms with Crippen LogP contribution in [-0.2, 0) is 26.2 Å². The zero-order chi connectivity index (χ0) is 16.1. The van der Waals surface area contributed by atoms with Crippen LogP contribution in [0, 0.1) is 6.92 Å². The number of hydrogen-bond donors (Lipinski definition) is 2. The van der Waals surface area contributed by atoms with Crippen LogP contribution in [0.2, 0.25) is 0 Å². The summed E-state index contributed by atoms with van der Waals surface area (Å²) in [7, 11) is 0. The van der Waals surface area contributed by atoms with Gasteiger partial charge in [-0.15, -0.1) is 0 Å². The van der Waals surface area contributed by atoms with E-state index < -0.39 is 0 Å². The number of aryl methyl sites for hydroxylation is 3. The minimum atomic E-state index is 0.624. The molecule has 2 heterocycles. The number of nitrogens with one attached hydrogen (secondary N) is 2. The average Bonchev–Trinajstić information content (AvgIpc) is 3.05. The van der Waals surface area contributed by atoms with Gasteiger partial charge < -0.3 is 10.6 Å². The highest BCUT2D eigenvalue weighted by Gasteiger charge is 2.08. The summed E-state index contributed by atoms with van der Waals surface area (Å²) in [6.45, 7) is 9.16. The van der Waals surface area contributed by atoms with Crippen LogP contribution in [0.4, 0.5) is 0 Å². The second kappa shape index (κ2) is 7.73. The first kappa shape index (κ1) is 17.0. The van der Waals surface area contributed by atoms with Gasteiger partial charge >= 0.3 is 0 Å². The number of nitrogens with zero attached hydrogens (tertiary/aromatic N) is 4. The van der Waals surface area contributed by atoms with Crippen LogP contribution in [0.15, 0.2) is 16.9 Å². The Kier molecular flexibility index (Phi) is 5.96. The lowest BCUT2D eigenvalue weighted by molar-refractivity contribution is 0.610. The van der Waals surface area contributed by atoms with Crippen molar-refractivity contribution in [1.82, 2.24) is 30.2 Å². The molecule has 6 nitrogen and oxygen atoms in total. The van der Waals surface area contributed by atoms with Crippen LogP contribution in [0.5, 0.6) is 0 Å². The van der Waals surface area contributed by atoms with Crippen molar-refractivity contribution < 1.29 is 0 Å². The molecule has 0 aliphatic carbocycles. The van der Waals surface area contributed by atoms with E-state index in [9.17, 15) is 0 Å². The Morgan fingerprint density at radius 3 is 2.64 bits per heavy atom. The minimum absolute atomic E-state index is 0.624. The molecule has 0 fully saturated rings. The topological polar surface area (TPSA) is 59.7 Å². The molecular weight excluding hydrogens is 364 g/mol. The van der Waals surface area contributed by atoms with E-state index in [-0.39, 0.29) is 0 Å². The van der Waals surface area contributed by atoms with Crippen molar-refractivity contribution in [2.75, 3.05) is 0 Å². The summed E-state index contributed by atoms with van der Waals surface area (Å²) in [6, 6.07) is 0.